The Morgan fingerprint density at radius 1 is 1.05 bits per heavy atom. The number of hydrogen-bond acceptors (Lipinski definition) is 3. The monoisotopic (exact) mass is 295 g/mol. The number of anilines is 1. The fourth-order valence-electron chi connectivity index (χ4n) is 1.86. The highest BCUT2D eigenvalue weighted by molar-refractivity contribution is 5.89. The molecule has 0 bridgehead atoms. The normalized spacial score (nSPS) is 10.4. The maximum absolute atomic E-state index is 11.7. The first-order chi connectivity index (χ1) is 10.6. The number of rotatable bonds is 5. The summed E-state index contributed by atoms with van der Waals surface area (Å²) in [5.74, 6) is -0.285. The minimum absolute atomic E-state index is 0.116. The molecule has 2 aromatic rings. The standard InChI is InChI=1S/C17H17N3O2/c1-13(21)19-16-9-7-15(8-10-16)12-18-20-17(22)11-14-5-3-2-4-6-14/h2-10,12H,11H2,1H3,(H,19,21)(H,20,22). The Kier molecular flexibility index (Phi) is 5.43. The topological polar surface area (TPSA) is 70.6 Å². The summed E-state index contributed by atoms with van der Waals surface area (Å²) in [4.78, 5) is 22.6. The Balaban J connectivity index is 1.84. The van der Waals surface area contributed by atoms with E-state index in [9.17, 15) is 9.59 Å². The minimum Gasteiger partial charge on any atom is -0.326 e. The number of nitrogens with zero attached hydrogens (tertiary/aromatic N) is 1. The van der Waals surface area contributed by atoms with E-state index in [0.29, 0.717) is 6.42 Å². The van der Waals surface area contributed by atoms with Crippen molar-refractivity contribution in [2.45, 2.75) is 13.3 Å². The van der Waals surface area contributed by atoms with Gasteiger partial charge in [-0.15, -0.1) is 0 Å². The van der Waals surface area contributed by atoms with E-state index in [0.717, 1.165) is 16.8 Å². The van der Waals surface area contributed by atoms with E-state index in [4.69, 9.17) is 0 Å². The lowest BCUT2D eigenvalue weighted by molar-refractivity contribution is -0.120. The molecular weight excluding hydrogens is 278 g/mol. The van der Waals surface area contributed by atoms with Gasteiger partial charge in [-0.25, -0.2) is 5.43 Å². The molecule has 0 aliphatic carbocycles. The summed E-state index contributed by atoms with van der Waals surface area (Å²) >= 11 is 0. The van der Waals surface area contributed by atoms with Crippen molar-refractivity contribution >= 4 is 23.7 Å². The highest BCUT2D eigenvalue weighted by Gasteiger charge is 2.00. The van der Waals surface area contributed by atoms with Crippen LogP contribution < -0.4 is 10.7 Å². The minimum atomic E-state index is -0.169. The van der Waals surface area contributed by atoms with Crippen LogP contribution in [0.15, 0.2) is 59.7 Å². The van der Waals surface area contributed by atoms with Gasteiger partial charge in [-0.2, -0.15) is 5.10 Å². The molecule has 2 N–H and O–H groups in total. The first-order valence-corrected chi connectivity index (χ1v) is 6.87. The van der Waals surface area contributed by atoms with E-state index < -0.39 is 0 Å². The summed E-state index contributed by atoms with van der Waals surface area (Å²) in [5.41, 5.74) is 4.97. The van der Waals surface area contributed by atoms with Gasteiger partial charge < -0.3 is 5.32 Å². The zero-order chi connectivity index (χ0) is 15.8. The van der Waals surface area contributed by atoms with E-state index in [1.165, 1.54) is 6.92 Å². The van der Waals surface area contributed by atoms with Gasteiger partial charge in [0.2, 0.25) is 11.8 Å². The fraction of sp³-hybridized carbons (Fsp3) is 0.118. The van der Waals surface area contributed by atoms with Gasteiger partial charge in [-0.1, -0.05) is 42.5 Å². The van der Waals surface area contributed by atoms with Gasteiger partial charge in [0.05, 0.1) is 12.6 Å². The molecule has 0 saturated heterocycles. The molecule has 0 heterocycles. The molecule has 0 aromatic heterocycles. The average molecular weight is 295 g/mol. The second-order valence-corrected chi connectivity index (χ2v) is 4.76. The molecule has 0 atom stereocenters. The molecule has 0 fully saturated rings. The molecule has 5 heteroatoms. The van der Waals surface area contributed by atoms with Gasteiger partial charge in [0.1, 0.15) is 0 Å². The lowest BCUT2D eigenvalue weighted by Crippen LogP contribution is -2.19. The Morgan fingerprint density at radius 2 is 1.73 bits per heavy atom. The highest BCUT2D eigenvalue weighted by atomic mass is 16.2. The Hall–Kier alpha value is -2.95. The summed E-state index contributed by atoms with van der Waals surface area (Å²) in [6.07, 6.45) is 1.85. The predicted molar refractivity (Wildman–Crippen MR) is 86.6 cm³/mol. The number of nitrogens with one attached hydrogen (secondary N) is 2. The van der Waals surface area contributed by atoms with Crippen LogP contribution in [0.5, 0.6) is 0 Å². The van der Waals surface area contributed by atoms with Gasteiger partial charge in [-0.05, 0) is 23.3 Å². The van der Waals surface area contributed by atoms with Crippen molar-refractivity contribution in [3.05, 3.63) is 65.7 Å². The number of benzene rings is 2. The van der Waals surface area contributed by atoms with Crippen molar-refractivity contribution in [2.24, 2.45) is 5.10 Å². The molecular formula is C17H17N3O2. The molecule has 0 radical (unpaired) electrons. The first kappa shape index (κ1) is 15.4. The zero-order valence-electron chi connectivity index (χ0n) is 12.2. The van der Waals surface area contributed by atoms with E-state index in [1.54, 1.807) is 30.5 Å². The van der Waals surface area contributed by atoms with E-state index in [1.807, 2.05) is 30.3 Å². The van der Waals surface area contributed by atoms with Gasteiger partial charge in [-0.3, -0.25) is 9.59 Å². The van der Waals surface area contributed by atoms with Crippen LogP contribution >= 0.6 is 0 Å². The average Bonchev–Trinajstić information content (AvgIpc) is 2.49. The molecule has 0 aliphatic rings. The number of hydrazone groups is 1. The molecule has 2 amide bonds. The molecule has 0 unspecified atom stereocenters. The lowest BCUT2D eigenvalue weighted by atomic mass is 10.1. The Morgan fingerprint density at radius 3 is 2.36 bits per heavy atom. The maximum Gasteiger partial charge on any atom is 0.244 e. The Bertz CT molecular complexity index is 664. The maximum atomic E-state index is 11.7. The molecule has 5 nitrogen and oxygen atoms in total. The van der Waals surface area contributed by atoms with Crippen LogP contribution in [-0.2, 0) is 16.0 Å². The number of hydrogen-bond donors (Lipinski definition) is 2. The summed E-state index contributed by atoms with van der Waals surface area (Å²) in [6.45, 7) is 1.46. The van der Waals surface area contributed by atoms with Crippen molar-refractivity contribution < 1.29 is 9.59 Å². The van der Waals surface area contributed by atoms with E-state index in [-0.39, 0.29) is 11.8 Å². The molecule has 2 aromatic carbocycles. The van der Waals surface area contributed by atoms with Crippen LogP contribution in [0, 0.1) is 0 Å². The van der Waals surface area contributed by atoms with Crippen LogP contribution in [0.25, 0.3) is 0 Å². The molecule has 0 saturated carbocycles. The Labute approximate surface area is 129 Å². The largest absolute Gasteiger partial charge is 0.326 e. The zero-order valence-corrected chi connectivity index (χ0v) is 12.2. The van der Waals surface area contributed by atoms with Gasteiger partial charge in [0.15, 0.2) is 0 Å². The van der Waals surface area contributed by atoms with Gasteiger partial charge in [0, 0.05) is 12.6 Å². The third-order valence-corrected chi connectivity index (χ3v) is 2.84. The second kappa shape index (κ2) is 7.73. The van der Waals surface area contributed by atoms with Gasteiger partial charge in [0.25, 0.3) is 0 Å². The third-order valence-electron chi connectivity index (χ3n) is 2.84. The van der Waals surface area contributed by atoms with Crippen LogP contribution in [0.4, 0.5) is 5.69 Å². The van der Waals surface area contributed by atoms with E-state index in [2.05, 4.69) is 15.8 Å². The van der Waals surface area contributed by atoms with Crippen molar-refractivity contribution in [2.75, 3.05) is 5.32 Å². The first-order valence-electron chi connectivity index (χ1n) is 6.87. The van der Waals surface area contributed by atoms with Crippen molar-refractivity contribution in [3.8, 4) is 0 Å². The highest BCUT2D eigenvalue weighted by Crippen LogP contribution is 2.07. The summed E-state index contributed by atoms with van der Waals surface area (Å²) in [7, 11) is 0. The molecule has 22 heavy (non-hydrogen) atoms. The summed E-state index contributed by atoms with van der Waals surface area (Å²) in [6, 6.07) is 16.6. The van der Waals surface area contributed by atoms with Crippen LogP contribution in [-0.4, -0.2) is 18.0 Å². The number of amides is 2. The molecule has 112 valence electrons. The summed E-state index contributed by atoms with van der Waals surface area (Å²) < 4.78 is 0. The third kappa shape index (κ3) is 5.20. The SMILES string of the molecule is CC(=O)Nc1ccc(C=NNC(=O)Cc2ccccc2)cc1. The van der Waals surface area contributed by atoms with Crippen LogP contribution in [0.2, 0.25) is 0 Å². The van der Waals surface area contributed by atoms with Crippen molar-refractivity contribution in [3.63, 3.8) is 0 Å². The molecule has 0 aliphatic heterocycles. The van der Waals surface area contributed by atoms with Crippen LogP contribution in [0.1, 0.15) is 18.1 Å². The van der Waals surface area contributed by atoms with Gasteiger partial charge >= 0.3 is 0 Å². The molecule has 0 spiro atoms. The molecule has 2 rings (SSSR count). The van der Waals surface area contributed by atoms with Crippen molar-refractivity contribution in [1.82, 2.24) is 5.43 Å². The number of carbonyl (C=O) groups excluding carboxylic acids is 2. The second-order valence-electron chi connectivity index (χ2n) is 4.76. The smallest absolute Gasteiger partial charge is 0.244 e. The van der Waals surface area contributed by atoms with E-state index >= 15 is 0 Å². The summed E-state index contributed by atoms with van der Waals surface area (Å²) in [5, 5.41) is 6.60. The van der Waals surface area contributed by atoms with Crippen LogP contribution in [0.3, 0.4) is 0 Å². The fourth-order valence-corrected chi connectivity index (χ4v) is 1.86. The number of carbonyl (C=O) groups is 2. The van der Waals surface area contributed by atoms with Crippen molar-refractivity contribution in [1.29, 1.82) is 0 Å². The lowest BCUT2D eigenvalue weighted by Gasteiger charge is -2.02. The predicted octanol–water partition coefficient (Wildman–Crippen LogP) is 2.34. The quantitative estimate of drug-likeness (QED) is 0.656.